The Morgan fingerprint density at radius 2 is 0.483 bits per heavy atom. The van der Waals surface area contributed by atoms with Crippen LogP contribution < -0.4 is 0 Å². The van der Waals surface area contributed by atoms with E-state index >= 15 is 0 Å². The van der Waals surface area contributed by atoms with Crippen molar-refractivity contribution in [3.63, 3.8) is 0 Å². The fourth-order valence-electron chi connectivity index (χ4n) is 5.82. The van der Waals surface area contributed by atoms with Crippen LogP contribution in [0.15, 0.2) is 182 Å². The summed E-state index contributed by atoms with van der Waals surface area (Å²) < 4.78 is 35.6. The molecule has 0 spiro atoms. The molecule has 0 N–H and O–H groups in total. The van der Waals surface area contributed by atoms with Gasteiger partial charge in [-0.3, -0.25) is 0 Å². The molecule has 6 rings (SSSR count). The Hall–Kier alpha value is -7.86. The van der Waals surface area contributed by atoms with E-state index in [9.17, 15) is 28.8 Å². The van der Waals surface area contributed by atoms with Crippen LogP contribution in [0.2, 0.25) is 0 Å². The highest BCUT2D eigenvalue weighted by Gasteiger charge is 2.46. The fraction of sp³-hybridized carbons (Fsp3) is 0.125. The molecule has 0 fully saturated rings. The predicted molar refractivity (Wildman–Crippen MR) is 216 cm³/mol. The lowest BCUT2D eigenvalue weighted by Gasteiger charge is -2.35. The minimum atomic E-state index is -1.91. The van der Waals surface area contributed by atoms with Crippen LogP contribution in [-0.4, -0.2) is 73.4 Å². The van der Waals surface area contributed by atoms with Gasteiger partial charge < -0.3 is 28.4 Å². The first-order valence-corrected chi connectivity index (χ1v) is 18.8. The van der Waals surface area contributed by atoms with Gasteiger partial charge in [-0.25, -0.2) is 28.8 Å². The molecule has 0 aliphatic carbocycles. The van der Waals surface area contributed by atoms with E-state index in [1.165, 1.54) is 72.8 Å². The topological polar surface area (TPSA) is 158 Å². The lowest BCUT2D eigenvalue weighted by atomic mass is 10.0. The molecule has 0 aromatic heterocycles. The molecule has 0 aliphatic rings. The van der Waals surface area contributed by atoms with Gasteiger partial charge in [-0.2, -0.15) is 0 Å². The van der Waals surface area contributed by atoms with Crippen LogP contribution in [0, 0.1) is 0 Å². The third-order valence-electron chi connectivity index (χ3n) is 8.87. The van der Waals surface area contributed by atoms with Crippen LogP contribution in [0.4, 0.5) is 0 Å². The zero-order valence-electron chi connectivity index (χ0n) is 31.9. The van der Waals surface area contributed by atoms with Crippen LogP contribution in [0.5, 0.6) is 0 Å². The van der Waals surface area contributed by atoms with E-state index < -0.39 is 73.4 Å². The largest absolute Gasteiger partial charge is 0.458 e. The van der Waals surface area contributed by atoms with Crippen molar-refractivity contribution in [1.29, 1.82) is 0 Å². The predicted octanol–water partition coefficient (Wildman–Crippen LogP) is 7.60. The number of carbonyl (C=O) groups is 6. The van der Waals surface area contributed by atoms with Gasteiger partial charge in [-0.15, -0.1) is 0 Å². The molecule has 12 nitrogen and oxygen atoms in total. The van der Waals surface area contributed by atoms with Crippen molar-refractivity contribution in [2.75, 3.05) is 13.2 Å². The van der Waals surface area contributed by atoms with Gasteiger partial charge in [0.25, 0.3) is 0 Å². The molecule has 4 atom stereocenters. The molecule has 0 amide bonds. The molecule has 12 heteroatoms. The maximum atomic E-state index is 14.0. The number of hydrogen-bond donors (Lipinski definition) is 0. The number of rotatable bonds is 17. The van der Waals surface area contributed by atoms with E-state index in [2.05, 4.69) is 0 Å². The average molecular weight is 807 g/mol. The van der Waals surface area contributed by atoms with Crippen molar-refractivity contribution >= 4 is 35.8 Å². The van der Waals surface area contributed by atoms with Gasteiger partial charge in [-0.05, 0) is 72.8 Å². The van der Waals surface area contributed by atoms with Gasteiger partial charge >= 0.3 is 35.8 Å². The van der Waals surface area contributed by atoms with E-state index in [4.69, 9.17) is 28.4 Å². The summed E-state index contributed by atoms with van der Waals surface area (Å²) in [6, 6.07) is 47.1. The first kappa shape index (κ1) is 41.8. The lowest BCUT2D eigenvalue weighted by molar-refractivity contribution is -0.138. The summed E-state index contributed by atoms with van der Waals surface area (Å²) >= 11 is 0. The first-order valence-electron chi connectivity index (χ1n) is 18.8. The highest BCUT2D eigenvalue weighted by atomic mass is 16.6. The van der Waals surface area contributed by atoms with Crippen LogP contribution >= 0.6 is 0 Å². The molecule has 0 radical (unpaired) electrons. The Morgan fingerprint density at radius 3 is 0.717 bits per heavy atom. The minimum absolute atomic E-state index is 0.0402. The van der Waals surface area contributed by atoms with Crippen molar-refractivity contribution in [1.82, 2.24) is 0 Å². The highest BCUT2D eigenvalue weighted by molar-refractivity contribution is 5.93. The van der Waals surface area contributed by atoms with Crippen LogP contribution in [0.1, 0.15) is 62.1 Å². The number of ether oxygens (including phenoxy) is 6. The summed E-state index contributed by atoms with van der Waals surface area (Å²) in [6.45, 7) is -1.52. The summed E-state index contributed by atoms with van der Waals surface area (Å²) in [5, 5.41) is 0. The molecule has 6 aromatic carbocycles. The lowest BCUT2D eigenvalue weighted by Crippen LogP contribution is -2.54. The maximum absolute atomic E-state index is 14.0. The molecule has 0 saturated heterocycles. The normalized spacial score (nSPS) is 12.6. The summed E-state index contributed by atoms with van der Waals surface area (Å²) in [4.78, 5) is 82.5. The van der Waals surface area contributed by atoms with Gasteiger partial charge in [0.2, 0.25) is 0 Å². The minimum Gasteiger partial charge on any atom is -0.458 e. The molecule has 0 bridgehead atoms. The highest BCUT2D eigenvalue weighted by Crippen LogP contribution is 2.25. The Kier molecular flexibility index (Phi) is 14.7. The van der Waals surface area contributed by atoms with Crippen molar-refractivity contribution in [2.45, 2.75) is 24.4 Å². The molecule has 0 heterocycles. The third-order valence-corrected chi connectivity index (χ3v) is 8.87. The second-order valence-corrected chi connectivity index (χ2v) is 13.0. The van der Waals surface area contributed by atoms with E-state index in [1.807, 2.05) is 0 Å². The zero-order valence-corrected chi connectivity index (χ0v) is 31.9. The SMILES string of the molecule is O=C(OC[C@H](OC(=O)c1ccccc1)[C@H](OC(=O)c1ccccc1)[C@@H](OC(=O)c1ccccc1)[C@@H](COC(=O)c1ccccc1)OC(=O)c1ccccc1)c1ccccc1. The number of carbonyl (C=O) groups excluding carboxylic acids is 6. The molecule has 60 heavy (non-hydrogen) atoms. The van der Waals surface area contributed by atoms with Gasteiger partial charge in [0, 0.05) is 0 Å². The molecule has 6 aromatic rings. The standard InChI is InChI=1S/C48H38O12/c49-43(33-19-7-1-8-20-33)55-31-39(57-45(51)35-23-11-3-12-24-35)41(59-47(53)37-27-15-5-16-28-37)42(60-48(54)38-29-17-6-18-30-38)40(58-46(52)36-25-13-4-14-26-36)32-56-44(50)34-21-9-2-10-22-34/h1-30,39-42H,31-32H2/t39-,40+,41-,42-/m0/s1. The molecule has 0 aliphatic heterocycles. The molecule has 0 unspecified atom stereocenters. The van der Waals surface area contributed by atoms with Gasteiger partial charge in [-0.1, -0.05) is 109 Å². The van der Waals surface area contributed by atoms with Crippen molar-refractivity contribution in [3.8, 4) is 0 Å². The summed E-state index contributed by atoms with van der Waals surface area (Å²) in [6.07, 6.45) is -7.33. The quantitative estimate of drug-likeness (QED) is 0.0658. The monoisotopic (exact) mass is 806 g/mol. The molecule has 0 saturated carbocycles. The first-order chi connectivity index (χ1) is 29.3. The number of esters is 6. The Balaban J connectivity index is 1.48. The summed E-state index contributed by atoms with van der Waals surface area (Å²) in [7, 11) is 0. The molecular weight excluding hydrogens is 769 g/mol. The Morgan fingerprint density at radius 1 is 0.283 bits per heavy atom. The van der Waals surface area contributed by atoms with Crippen molar-refractivity contribution < 1.29 is 57.2 Å². The Bertz CT molecular complexity index is 2170. The Labute approximate surface area is 345 Å². The third kappa shape index (κ3) is 11.6. The fourth-order valence-corrected chi connectivity index (χ4v) is 5.82. The second kappa shape index (κ2) is 21.1. The van der Waals surface area contributed by atoms with Gasteiger partial charge in [0.05, 0.1) is 33.4 Å². The van der Waals surface area contributed by atoms with Gasteiger partial charge in [0.1, 0.15) is 13.2 Å². The van der Waals surface area contributed by atoms with E-state index in [-0.39, 0.29) is 33.4 Å². The number of benzene rings is 6. The average Bonchev–Trinajstić information content (AvgIpc) is 3.31. The van der Waals surface area contributed by atoms with E-state index in [0.717, 1.165) is 0 Å². The second-order valence-electron chi connectivity index (χ2n) is 13.0. The summed E-state index contributed by atoms with van der Waals surface area (Å²) in [5.74, 6) is -5.48. The van der Waals surface area contributed by atoms with Crippen LogP contribution in [0.3, 0.4) is 0 Å². The van der Waals surface area contributed by atoms with Crippen LogP contribution in [-0.2, 0) is 28.4 Å². The maximum Gasteiger partial charge on any atom is 0.338 e. The smallest absolute Gasteiger partial charge is 0.338 e. The van der Waals surface area contributed by atoms with Gasteiger partial charge in [0.15, 0.2) is 24.4 Å². The number of hydrogen-bond acceptors (Lipinski definition) is 12. The van der Waals surface area contributed by atoms with E-state index in [0.29, 0.717) is 0 Å². The molecule has 302 valence electrons. The zero-order chi connectivity index (χ0) is 42.1. The van der Waals surface area contributed by atoms with E-state index in [1.54, 1.807) is 109 Å². The van der Waals surface area contributed by atoms with Crippen LogP contribution in [0.25, 0.3) is 0 Å². The molecular formula is C48H38O12. The van der Waals surface area contributed by atoms with Crippen molar-refractivity contribution in [3.05, 3.63) is 215 Å². The van der Waals surface area contributed by atoms with Crippen molar-refractivity contribution in [2.24, 2.45) is 0 Å². The summed E-state index contributed by atoms with van der Waals surface area (Å²) in [5.41, 5.74) is 0.534.